The standard InChI is InChI=1S/C22H23FN4O4/c1-13(28)26-9-8-19(18-6-3-16(23)10-15(18)12-26)25-20-7-2-14(11-21(20)27(30)31)22(29)24-17-4-5-17/h2-3,6-7,10-11,17,19,25H,4-5,8-9,12H2,1H3,(H,24,29). The molecule has 1 unspecified atom stereocenters. The van der Waals surface area contributed by atoms with Crippen molar-refractivity contribution in [3.63, 3.8) is 0 Å². The smallest absolute Gasteiger partial charge is 0.293 e. The number of hydrogen-bond acceptors (Lipinski definition) is 5. The van der Waals surface area contributed by atoms with Crippen molar-refractivity contribution < 1.29 is 18.9 Å². The number of nitrogens with one attached hydrogen (secondary N) is 2. The normalized spacial score (nSPS) is 18.0. The van der Waals surface area contributed by atoms with Crippen molar-refractivity contribution in [1.29, 1.82) is 0 Å². The Morgan fingerprint density at radius 2 is 1.94 bits per heavy atom. The molecule has 2 aromatic rings. The topological polar surface area (TPSA) is 105 Å². The Morgan fingerprint density at radius 1 is 1.16 bits per heavy atom. The molecule has 2 aliphatic rings. The zero-order valence-electron chi connectivity index (χ0n) is 17.1. The second-order valence-corrected chi connectivity index (χ2v) is 8.01. The molecule has 1 atom stereocenters. The number of benzene rings is 2. The van der Waals surface area contributed by atoms with E-state index in [9.17, 15) is 24.1 Å². The molecule has 162 valence electrons. The maximum absolute atomic E-state index is 13.8. The van der Waals surface area contributed by atoms with Gasteiger partial charge in [0.2, 0.25) is 5.91 Å². The number of amides is 2. The van der Waals surface area contributed by atoms with Gasteiger partial charge in [-0.1, -0.05) is 6.07 Å². The molecule has 31 heavy (non-hydrogen) atoms. The zero-order chi connectivity index (χ0) is 22.1. The van der Waals surface area contributed by atoms with E-state index in [0.29, 0.717) is 18.5 Å². The number of nitrogens with zero attached hydrogens (tertiary/aromatic N) is 2. The summed E-state index contributed by atoms with van der Waals surface area (Å²) in [4.78, 5) is 37.0. The van der Waals surface area contributed by atoms with Crippen molar-refractivity contribution >= 4 is 23.2 Å². The maximum atomic E-state index is 13.8. The van der Waals surface area contributed by atoms with Crippen LogP contribution in [0, 0.1) is 15.9 Å². The molecule has 1 heterocycles. The van der Waals surface area contributed by atoms with Crippen molar-refractivity contribution in [2.45, 2.75) is 44.8 Å². The molecule has 2 aromatic carbocycles. The van der Waals surface area contributed by atoms with E-state index >= 15 is 0 Å². The van der Waals surface area contributed by atoms with Crippen LogP contribution in [0.3, 0.4) is 0 Å². The SMILES string of the molecule is CC(=O)N1CCC(Nc2ccc(C(=O)NC3CC3)cc2[N+](=O)[O-])c2ccc(F)cc2C1. The Kier molecular flexibility index (Phi) is 5.58. The van der Waals surface area contributed by atoms with Crippen molar-refractivity contribution in [1.82, 2.24) is 10.2 Å². The average molecular weight is 426 g/mol. The Bertz CT molecular complexity index is 1050. The van der Waals surface area contributed by atoms with Gasteiger partial charge >= 0.3 is 0 Å². The third-order valence-corrected chi connectivity index (χ3v) is 5.67. The molecular formula is C22H23FN4O4. The first-order valence-electron chi connectivity index (χ1n) is 10.2. The van der Waals surface area contributed by atoms with Gasteiger partial charge < -0.3 is 15.5 Å². The van der Waals surface area contributed by atoms with Gasteiger partial charge in [-0.2, -0.15) is 0 Å². The number of hydrogen-bond donors (Lipinski definition) is 2. The van der Waals surface area contributed by atoms with Gasteiger partial charge in [-0.25, -0.2) is 4.39 Å². The minimum atomic E-state index is -0.527. The number of halogens is 1. The van der Waals surface area contributed by atoms with Crippen LogP contribution in [-0.4, -0.2) is 34.2 Å². The van der Waals surface area contributed by atoms with E-state index in [1.807, 2.05) is 0 Å². The first-order chi connectivity index (χ1) is 14.8. The lowest BCUT2D eigenvalue weighted by atomic mass is 9.98. The highest BCUT2D eigenvalue weighted by Gasteiger charge is 2.28. The summed E-state index contributed by atoms with van der Waals surface area (Å²) in [5.74, 6) is -0.850. The second-order valence-electron chi connectivity index (χ2n) is 8.01. The van der Waals surface area contributed by atoms with Crippen LogP contribution in [0.4, 0.5) is 15.8 Å². The lowest BCUT2D eigenvalue weighted by molar-refractivity contribution is -0.384. The fourth-order valence-corrected chi connectivity index (χ4v) is 3.83. The summed E-state index contributed by atoms with van der Waals surface area (Å²) in [5, 5.41) is 17.7. The molecule has 1 fully saturated rings. The third-order valence-electron chi connectivity index (χ3n) is 5.67. The van der Waals surface area contributed by atoms with Crippen molar-refractivity contribution in [2.75, 3.05) is 11.9 Å². The van der Waals surface area contributed by atoms with Gasteiger partial charge in [0, 0.05) is 37.7 Å². The van der Waals surface area contributed by atoms with E-state index in [1.165, 1.54) is 31.2 Å². The molecule has 0 saturated heterocycles. The molecule has 0 radical (unpaired) electrons. The highest BCUT2D eigenvalue weighted by Crippen LogP contribution is 2.34. The van der Waals surface area contributed by atoms with Crippen molar-refractivity contribution in [3.05, 3.63) is 69.0 Å². The highest BCUT2D eigenvalue weighted by molar-refractivity contribution is 5.96. The van der Waals surface area contributed by atoms with Crippen LogP contribution in [0.1, 0.15) is 53.7 Å². The molecule has 0 spiro atoms. The predicted octanol–water partition coefficient (Wildman–Crippen LogP) is 3.53. The van der Waals surface area contributed by atoms with E-state index in [0.717, 1.165) is 18.4 Å². The van der Waals surface area contributed by atoms with Gasteiger partial charge in [0.25, 0.3) is 11.6 Å². The minimum absolute atomic E-state index is 0.118. The molecule has 1 aliphatic carbocycles. The summed E-state index contributed by atoms with van der Waals surface area (Å²) in [6.45, 7) is 2.17. The first-order valence-corrected chi connectivity index (χ1v) is 10.2. The van der Waals surface area contributed by atoms with E-state index < -0.39 is 10.7 Å². The number of fused-ring (bicyclic) bond motifs is 1. The van der Waals surface area contributed by atoms with E-state index in [4.69, 9.17) is 0 Å². The maximum Gasteiger partial charge on any atom is 0.293 e. The fraction of sp³-hybridized carbons (Fsp3) is 0.364. The van der Waals surface area contributed by atoms with Crippen LogP contribution < -0.4 is 10.6 Å². The van der Waals surface area contributed by atoms with E-state index in [2.05, 4.69) is 10.6 Å². The summed E-state index contributed by atoms with van der Waals surface area (Å²) in [6.07, 6.45) is 2.35. The molecule has 2 N–H and O–H groups in total. The van der Waals surface area contributed by atoms with E-state index in [-0.39, 0.29) is 47.4 Å². The Labute approximate surface area is 178 Å². The zero-order valence-corrected chi connectivity index (χ0v) is 17.1. The quantitative estimate of drug-likeness (QED) is 0.562. The number of nitro groups is 1. The van der Waals surface area contributed by atoms with Crippen LogP contribution in [-0.2, 0) is 11.3 Å². The first kappa shape index (κ1) is 20.8. The monoisotopic (exact) mass is 426 g/mol. The van der Waals surface area contributed by atoms with Gasteiger partial charge in [-0.15, -0.1) is 0 Å². The number of nitro benzene ring substituents is 1. The molecule has 0 aromatic heterocycles. The minimum Gasteiger partial charge on any atom is -0.373 e. The number of carbonyl (C=O) groups excluding carboxylic acids is 2. The van der Waals surface area contributed by atoms with Gasteiger partial charge in [-0.3, -0.25) is 19.7 Å². The molecule has 1 saturated carbocycles. The molecular weight excluding hydrogens is 403 g/mol. The summed E-state index contributed by atoms with van der Waals surface area (Å²) < 4.78 is 13.8. The molecule has 4 rings (SSSR count). The summed E-state index contributed by atoms with van der Waals surface area (Å²) >= 11 is 0. The van der Waals surface area contributed by atoms with Crippen LogP contribution in [0.15, 0.2) is 36.4 Å². The van der Waals surface area contributed by atoms with E-state index in [1.54, 1.807) is 17.0 Å². The average Bonchev–Trinajstić information content (AvgIpc) is 3.55. The van der Waals surface area contributed by atoms with Crippen LogP contribution in [0.25, 0.3) is 0 Å². The van der Waals surface area contributed by atoms with Crippen molar-refractivity contribution in [3.8, 4) is 0 Å². The Morgan fingerprint density at radius 3 is 2.61 bits per heavy atom. The Hall–Kier alpha value is -3.49. The summed E-state index contributed by atoms with van der Waals surface area (Å²) in [6, 6.07) is 8.52. The molecule has 2 amide bonds. The van der Waals surface area contributed by atoms with Gasteiger partial charge in [0.15, 0.2) is 0 Å². The fourth-order valence-electron chi connectivity index (χ4n) is 3.83. The largest absolute Gasteiger partial charge is 0.373 e. The van der Waals surface area contributed by atoms with Crippen LogP contribution in [0.2, 0.25) is 0 Å². The molecule has 0 bridgehead atoms. The number of carbonyl (C=O) groups is 2. The van der Waals surface area contributed by atoms with Gasteiger partial charge in [0.1, 0.15) is 11.5 Å². The van der Waals surface area contributed by atoms with Gasteiger partial charge in [0.05, 0.1) is 11.0 Å². The second kappa shape index (κ2) is 8.33. The summed E-state index contributed by atoms with van der Waals surface area (Å²) in [5.41, 5.74) is 1.74. The number of rotatable bonds is 5. The lowest BCUT2D eigenvalue weighted by Gasteiger charge is -2.21. The molecule has 8 nitrogen and oxygen atoms in total. The van der Waals surface area contributed by atoms with Gasteiger partial charge in [-0.05, 0) is 54.7 Å². The number of anilines is 1. The molecule has 1 aliphatic heterocycles. The third kappa shape index (κ3) is 4.65. The predicted molar refractivity (Wildman–Crippen MR) is 112 cm³/mol. The van der Waals surface area contributed by atoms with Crippen LogP contribution >= 0.6 is 0 Å². The Balaban J connectivity index is 1.64. The molecule has 9 heteroatoms. The van der Waals surface area contributed by atoms with Crippen LogP contribution in [0.5, 0.6) is 0 Å². The summed E-state index contributed by atoms with van der Waals surface area (Å²) in [7, 11) is 0. The van der Waals surface area contributed by atoms with Crippen molar-refractivity contribution in [2.24, 2.45) is 0 Å². The highest BCUT2D eigenvalue weighted by atomic mass is 19.1. The lowest BCUT2D eigenvalue weighted by Crippen LogP contribution is -2.28.